The summed E-state index contributed by atoms with van der Waals surface area (Å²) in [7, 11) is 1.42. The minimum Gasteiger partial charge on any atom is -0.469 e. The van der Waals surface area contributed by atoms with Crippen molar-refractivity contribution in [1.29, 1.82) is 0 Å². The normalized spacial score (nSPS) is 30.5. The van der Waals surface area contributed by atoms with E-state index in [0.29, 0.717) is 17.7 Å². The van der Waals surface area contributed by atoms with Gasteiger partial charge in [0.05, 0.1) is 19.2 Å². The van der Waals surface area contributed by atoms with Crippen LogP contribution in [0.5, 0.6) is 0 Å². The van der Waals surface area contributed by atoms with E-state index in [-0.39, 0.29) is 17.2 Å². The van der Waals surface area contributed by atoms with Gasteiger partial charge in [-0.05, 0) is 49.1 Å². The highest BCUT2D eigenvalue weighted by atomic mass is 35.5. The van der Waals surface area contributed by atoms with Crippen molar-refractivity contribution in [2.45, 2.75) is 25.7 Å². The van der Waals surface area contributed by atoms with E-state index in [4.69, 9.17) is 16.3 Å². The van der Waals surface area contributed by atoms with Crippen molar-refractivity contribution in [3.8, 4) is 0 Å². The maximum Gasteiger partial charge on any atom is 0.314 e. The van der Waals surface area contributed by atoms with Gasteiger partial charge in [-0.15, -0.1) is 5.10 Å². The monoisotopic (exact) mass is 294 g/mol. The van der Waals surface area contributed by atoms with Crippen molar-refractivity contribution in [2.24, 2.45) is 22.7 Å². The molecule has 0 N–H and O–H groups in total. The van der Waals surface area contributed by atoms with Crippen LogP contribution in [0.25, 0.3) is 0 Å². The Labute approximate surface area is 121 Å². The fraction of sp³-hybridized carbons (Fsp3) is 0.615. The molecule has 3 aliphatic rings. The van der Waals surface area contributed by atoms with Gasteiger partial charge in [-0.2, -0.15) is 10.1 Å². The third-order valence-electron chi connectivity index (χ3n) is 4.20. The third kappa shape index (κ3) is 2.40. The fourth-order valence-electron chi connectivity index (χ4n) is 3.30. The van der Waals surface area contributed by atoms with E-state index in [9.17, 15) is 4.79 Å². The van der Waals surface area contributed by atoms with E-state index in [1.807, 2.05) is 0 Å². The molecule has 106 valence electrons. The molecule has 20 heavy (non-hydrogen) atoms. The Balaban J connectivity index is 1.98. The molecule has 6 nitrogen and oxygen atoms in total. The predicted molar refractivity (Wildman–Crippen MR) is 72.9 cm³/mol. The summed E-state index contributed by atoms with van der Waals surface area (Å²) < 4.78 is 4.94. The van der Waals surface area contributed by atoms with Gasteiger partial charge in [-0.25, -0.2) is 4.99 Å². The van der Waals surface area contributed by atoms with Crippen LogP contribution in [0.2, 0.25) is 5.28 Å². The van der Waals surface area contributed by atoms with E-state index in [1.54, 1.807) is 0 Å². The minimum absolute atomic E-state index is 0.0578. The second-order valence-corrected chi connectivity index (χ2v) is 5.57. The first-order chi connectivity index (χ1) is 9.69. The molecule has 0 spiro atoms. The molecule has 2 bridgehead atoms. The number of esters is 1. The molecule has 1 aromatic rings. The maximum absolute atomic E-state index is 12.0. The quantitative estimate of drug-likeness (QED) is 0.782. The Kier molecular flexibility index (Phi) is 3.65. The lowest BCUT2D eigenvalue weighted by Crippen LogP contribution is -2.45. The zero-order valence-electron chi connectivity index (χ0n) is 11.1. The number of halogens is 1. The molecule has 1 atom stereocenters. The van der Waals surface area contributed by atoms with Crippen LogP contribution in [0.15, 0.2) is 11.2 Å². The van der Waals surface area contributed by atoms with E-state index < -0.39 is 0 Å². The van der Waals surface area contributed by atoms with Gasteiger partial charge in [0.25, 0.3) is 0 Å². The number of carbonyl (C=O) groups excluding carboxylic acids is 1. The summed E-state index contributed by atoms with van der Waals surface area (Å²) in [4.78, 5) is 20.6. The summed E-state index contributed by atoms with van der Waals surface area (Å²) in [6.07, 6.45) is 5.72. The van der Waals surface area contributed by atoms with Gasteiger partial charge in [0.2, 0.25) is 5.28 Å². The number of nitrogens with zero attached hydrogens (tertiary/aromatic N) is 4. The van der Waals surface area contributed by atoms with Crippen LogP contribution in [-0.4, -0.2) is 34.0 Å². The Hall–Kier alpha value is -1.56. The second kappa shape index (κ2) is 5.44. The summed E-state index contributed by atoms with van der Waals surface area (Å²) in [5.74, 6) is 0.614. The maximum atomic E-state index is 12.0. The zero-order chi connectivity index (χ0) is 14.1. The second-order valence-electron chi connectivity index (χ2n) is 5.23. The summed E-state index contributed by atoms with van der Waals surface area (Å²) in [6, 6.07) is 0. The van der Waals surface area contributed by atoms with Gasteiger partial charge < -0.3 is 4.74 Å². The largest absolute Gasteiger partial charge is 0.469 e. The van der Waals surface area contributed by atoms with Gasteiger partial charge in [-0.3, -0.25) is 4.79 Å². The highest BCUT2D eigenvalue weighted by Gasteiger charge is 2.45. The molecule has 4 rings (SSSR count). The van der Waals surface area contributed by atoms with E-state index in [0.717, 1.165) is 31.4 Å². The number of aromatic nitrogens is 3. The summed E-state index contributed by atoms with van der Waals surface area (Å²) in [5, 5.41) is 7.39. The number of hydrogen-bond donors (Lipinski definition) is 0. The van der Waals surface area contributed by atoms with Gasteiger partial charge in [0.15, 0.2) is 5.82 Å². The number of hydrogen-bond acceptors (Lipinski definition) is 6. The summed E-state index contributed by atoms with van der Waals surface area (Å²) in [6.45, 7) is 0. The summed E-state index contributed by atoms with van der Waals surface area (Å²) in [5.41, 5.74) is 0.871. The summed E-state index contributed by atoms with van der Waals surface area (Å²) >= 11 is 5.72. The molecular formula is C13H15ClN4O2. The Bertz CT molecular complexity index is 555. The SMILES string of the molecule is COC(=O)[C@H]1C(=Nc2cnnc(Cl)n2)C2CCC1CC2. The molecule has 3 aliphatic carbocycles. The lowest BCUT2D eigenvalue weighted by Gasteiger charge is -2.41. The van der Waals surface area contributed by atoms with Crippen LogP contribution in [0.1, 0.15) is 25.7 Å². The number of fused-ring (bicyclic) bond motifs is 3. The average molecular weight is 295 g/mol. The molecule has 3 saturated carbocycles. The molecule has 0 aliphatic heterocycles. The first-order valence-corrected chi connectivity index (χ1v) is 7.08. The van der Waals surface area contributed by atoms with Crippen molar-refractivity contribution in [3.05, 3.63) is 11.5 Å². The van der Waals surface area contributed by atoms with Gasteiger partial charge in [0.1, 0.15) is 0 Å². The lowest BCUT2D eigenvalue weighted by molar-refractivity contribution is -0.145. The third-order valence-corrected chi connectivity index (χ3v) is 4.36. The molecule has 0 amide bonds. The average Bonchev–Trinajstić information content (AvgIpc) is 2.47. The molecular weight excluding hydrogens is 280 g/mol. The highest BCUT2D eigenvalue weighted by molar-refractivity contribution is 6.28. The van der Waals surface area contributed by atoms with Crippen molar-refractivity contribution in [2.75, 3.05) is 7.11 Å². The van der Waals surface area contributed by atoms with Gasteiger partial charge in [0, 0.05) is 5.71 Å². The molecule has 3 fully saturated rings. The molecule has 7 heteroatoms. The Morgan fingerprint density at radius 3 is 2.80 bits per heavy atom. The van der Waals surface area contributed by atoms with Crippen molar-refractivity contribution < 1.29 is 9.53 Å². The smallest absolute Gasteiger partial charge is 0.314 e. The molecule has 1 aromatic heterocycles. The number of aliphatic imine (C=N–C) groups is 1. The van der Waals surface area contributed by atoms with Crippen molar-refractivity contribution in [3.63, 3.8) is 0 Å². The van der Waals surface area contributed by atoms with Crippen molar-refractivity contribution >= 4 is 29.1 Å². The number of ether oxygens (including phenoxy) is 1. The number of rotatable bonds is 2. The Morgan fingerprint density at radius 1 is 1.40 bits per heavy atom. The number of carbonyl (C=O) groups is 1. The molecule has 0 aromatic carbocycles. The van der Waals surface area contributed by atoms with Crippen molar-refractivity contribution in [1.82, 2.24) is 15.2 Å². The highest BCUT2D eigenvalue weighted by Crippen LogP contribution is 2.44. The number of methoxy groups -OCH3 is 1. The van der Waals surface area contributed by atoms with Crippen LogP contribution >= 0.6 is 11.6 Å². The van der Waals surface area contributed by atoms with Gasteiger partial charge in [-0.1, -0.05) is 0 Å². The Morgan fingerprint density at radius 2 is 2.15 bits per heavy atom. The van der Waals surface area contributed by atoms with Crippen LogP contribution < -0.4 is 0 Å². The van der Waals surface area contributed by atoms with Crippen LogP contribution in [0, 0.1) is 17.8 Å². The van der Waals surface area contributed by atoms with Crippen LogP contribution in [0.4, 0.5) is 5.82 Å². The fourth-order valence-corrected chi connectivity index (χ4v) is 3.43. The topological polar surface area (TPSA) is 77.3 Å². The minimum atomic E-state index is -0.249. The standard InChI is InChI=1S/C13H15ClN4O2/c1-20-12(19)10-7-2-4-8(5-3-7)11(10)16-9-6-15-18-13(14)17-9/h6-8,10H,2-5H2,1H3/t7?,8?,10-/m1/s1. The van der Waals surface area contributed by atoms with E-state index in [1.165, 1.54) is 13.3 Å². The zero-order valence-corrected chi connectivity index (χ0v) is 11.9. The lowest BCUT2D eigenvalue weighted by atomic mass is 9.63. The van der Waals surface area contributed by atoms with Crippen LogP contribution in [-0.2, 0) is 9.53 Å². The first-order valence-electron chi connectivity index (χ1n) is 6.70. The van der Waals surface area contributed by atoms with Crippen LogP contribution in [0.3, 0.4) is 0 Å². The van der Waals surface area contributed by atoms with Gasteiger partial charge >= 0.3 is 5.97 Å². The molecule has 0 saturated heterocycles. The first kappa shape index (κ1) is 13.4. The van der Waals surface area contributed by atoms with E-state index in [2.05, 4.69) is 20.2 Å². The molecule has 1 heterocycles. The molecule has 0 unspecified atom stereocenters. The predicted octanol–water partition coefficient (Wildman–Crippen LogP) is 2.21. The van der Waals surface area contributed by atoms with E-state index >= 15 is 0 Å². The molecule has 0 radical (unpaired) electrons.